The normalized spacial score (nSPS) is 12.9. The molecular formula is C18H20N3O4S+. The predicted molar refractivity (Wildman–Crippen MR) is 98.4 cm³/mol. The van der Waals surface area contributed by atoms with E-state index in [0.29, 0.717) is 28.9 Å². The second-order valence-electron chi connectivity index (χ2n) is 6.41. The molecule has 0 saturated carbocycles. The summed E-state index contributed by atoms with van der Waals surface area (Å²) in [5, 5.41) is 0.652. The molecule has 26 heavy (non-hydrogen) atoms. The Balaban J connectivity index is 1.66. The van der Waals surface area contributed by atoms with Crippen molar-refractivity contribution in [1.29, 1.82) is 0 Å². The molecule has 2 aromatic heterocycles. The number of nitrogens with zero attached hydrogens (tertiary/aromatic N) is 2. The van der Waals surface area contributed by atoms with Gasteiger partial charge in [-0.15, -0.1) is 0 Å². The van der Waals surface area contributed by atoms with Crippen molar-refractivity contribution in [2.24, 2.45) is 0 Å². The molecule has 8 heteroatoms. The van der Waals surface area contributed by atoms with Crippen molar-refractivity contribution < 1.29 is 23.6 Å². The molecule has 1 aliphatic rings. The second-order valence-corrected chi connectivity index (χ2v) is 7.42. The Labute approximate surface area is 154 Å². The van der Waals surface area contributed by atoms with Gasteiger partial charge in [-0.2, -0.15) is 0 Å². The van der Waals surface area contributed by atoms with Crippen LogP contribution in [0.4, 0.5) is 5.13 Å². The van der Waals surface area contributed by atoms with E-state index < -0.39 is 0 Å². The van der Waals surface area contributed by atoms with Crippen molar-refractivity contribution in [1.82, 2.24) is 4.98 Å². The highest BCUT2D eigenvalue weighted by Gasteiger charge is 2.24. The van der Waals surface area contributed by atoms with E-state index in [1.165, 1.54) is 22.5 Å². The van der Waals surface area contributed by atoms with Crippen LogP contribution in [0, 0.1) is 0 Å². The average molecular weight is 374 g/mol. The van der Waals surface area contributed by atoms with E-state index in [4.69, 9.17) is 13.9 Å². The van der Waals surface area contributed by atoms with Gasteiger partial charge in [0, 0.05) is 25.1 Å². The number of furan rings is 1. The zero-order valence-electron chi connectivity index (χ0n) is 14.7. The predicted octanol–water partition coefficient (Wildman–Crippen LogP) is 1.80. The molecule has 1 amide bonds. The van der Waals surface area contributed by atoms with Gasteiger partial charge in [0.1, 0.15) is 0 Å². The van der Waals surface area contributed by atoms with Crippen molar-refractivity contribution in [3.63, 3.8) is 0 Å². The summed E-state index contributed by atoms with van der Waals surface area (Å²) in [5.41, 5.74) is 0.796. The maximum Gasteiger partial charge on any atom is 0.295 e. The molecule has 4 rings (SSSR count). The summed E-state index contributed by atoms with van der Waals surface area (Å²) in [7, 11) is 4.19. The fraction of sp³-hybridized carbons (Fsp3) is 0.333. The summed E-state index contributed by atoms with van der Waals surface area (Å²) in [6, 6.07) is 7.17. The third kappa shape index (κ3) is 3.25. The topological polar surface area (TPSA) is 69.2 Å². The minimum absolute atomic E-state index is 0.178. The van der Waals surface area contributed by atoms with E-state index in [0.717, 1.165) is 23.2 Å². The van der Waals surface area contributed by atoms with Gasteiger partial charge in [-0.3, -0.25) is 9.69 Å². The Morgan fingerprint density at radius 2 is 2.12 bits per heavy atom. The zero-order chi connectivity index (χ0) is 18.1. The third-order valence-electron chi connectivity index (χ3n) is 4.14. The van der Waals surface area contributed by atoms with Gasteiger partial charge in [-0.1, -0.05) is 11.3 Å². The molecule has 7 nitrogen and oxygen atoms in total. The van der Waals surface area contributed by atoms with Crippen molar-refractivity contribution in [2.45, 2.75) is 6.42 Å². The number of carbonyl (C=O) groups excluding carboxylic acids is 1. The molecule has 0 saturated heterocycles. The second kappa shape index (κ2) is 6.97. The molecule has 1 aliphatic heterocycles. The highest BCUT2D eigenvalue weighted by molar-refractivity contribution is 7.22. The fourth-order valence-corrected chi connectivity index (χ4v) is 3.83. The number of amides is 1. The molecule has 0 bridgehead atoms. The van der Waals surface area contributed by atoms with Crippen LogP contribution in [-0.2, 0) is 0 Å². The highest BCUT2D eigenvalue weighted by atomic mass is 32.1. The molecule has 0 aliphatic carbocycles. The number of quaternary nitrogens is 1. The number of aromatic nitrogens is 1. The summed E-state index contributed by atoms with van der Waals surface area (Å²) in [6.07, 6.45) is 2.38. The van der Waals surface area contributed by atoms with Gasteiger partial charge < -0.3 is 18.8 Å². The number of anilines is 1. The number of hydrogen-bond donors (Lipinski definition) is 1. The summed E-state index contributed by atoms with van der Waals surface area (Å²) in [5.74, 6) is 1.54. The van der Waals surface area contributed by atoms with E-state index in [1.54, 1.807) is 17.0 Å². The summed E-state index contributed by atoms with van der Waals surface area (Å²) in [6.45, 7) is 1.77. The van der Waals surface area contributed by atoms with E-state index >= 15 is 0 Å². The third-order valence-corrected chi connectivity index (χ3v) is 5.18. The van der Waals surface area contributed by atoms with Crippen LogP contribution in [0.1, 0.15) is 17.0 Å². The number of ether oxygens (including phenoxy) is 2. The van der Waals surface area contributed by atoms with E-state index in [1.807, 2.05) is 12.1 Å². The van der Waals surface area contributed by atoms with Crippen LogP contribution in [-0.4, -0.2) is 44.9 Å². The molecule has 0 radical (unpaired) electrons. The van der Waals surface area contributed by atoms with E-state index in [-0.39, 0.29) is 12.7 Å². The molecule has 136 valence electrons. The number of nitrogens with one attached hydrogen (secondary N) is 1. The Kier molecular flexibility index (Phi) is 4.52. The van der Waals surface area contributed by atoms with Gasteiger partial charge in [-0.25, -0.2) is 4.98 Å². The van der Waals surface area contributed by atoms with Crippen LogP contribution in [0.25, 0.3) is 10.2 Å². The van der Waals surface area contributed by atoms with E-state index in [9.17, 15) is 4.79 Å². The van der Waals surface area contributed by atoms with Crippen molar-refractivity contribution in [2.75, 3.05) is 38.9 Å². The van der Waals surface area contributed by atoms with Crippen LogP contribution in [0.15, 0.2) is 34.9 Å². The van der Waals surface area contributed by atoms with Crippen molar-refractivity contribution in [3.05, 3.63) is 36.3 Å². The first-order valence-corrected chi connectivity index (χ1v) is 9.28. The minimum Gasteiger partial charge on any atom is -0.459 e. The van der Waals surface area contributed by atoms with E-state index in [2.05, 4.69) is 19.1 Å². The van der Waals surface area contributed by atoms with Gasteiger partial charge in [0.25, 0.3) is 5.91 Å². The maximum atomic E-state index is 12.9. The van der Waals surface area contributed by atoms with Crippen LogP contribution in [0.2, 0.25) is 0 Å². The fourth-order valence-electron chi connectivity index (χ4n) is 2.83. The maximum absolute atomic E-state index is 12.9. The largest absolute Gasteiger partial charge is 0.459 e. The molecule has 3 heterocycles. The average Bonchev–Trinajstić information content (AvgIpc) is 3.35. The van der Waals surface area contributed by atoms with Gasteiger partial charge in [0.15, 0.2) is 22.4 Å². The number of carbonyl (C=O) groups is 1. The summed E-state index contributed by atoms with van der Waals surface area (Å²) >= 11 is 1.47. The molecule has 0 spiro atoms. The first-order valence-electron chi connectivity index (χ1n) is 8.46. The first kappa shape index (κ1) is 16.9. The summed E-state index contributed by atoms with van der Waals surface area (Å²) in [4.78, 5) is 20.6. The minimum atomic E-state index is -0.178. The van der Waals surface area contributed by atoms with Crippen LogP contribution in [0.5, 0.6) is 11.5 Å². The van der Waals surface area contributed by atoms with Crippen LogP contribution in [0.3, 0.4) is 0 Å². The Hall–Kier alpha value is -2.58. The van der Waals surface area contributed by atoms with Gasteiger partial charge >= 0.3 is 0 Å². The van der Waals surface area contributed by atoms with Crippen LogP contribution >= 0.6 is 11.3 Å². The number of thiazole rings is 1. The molecule has 0 fully saturated rings. The highest BCUT2D eigenvalue weighted by Crippen LogP contribution is 2.40. The standard InChI is InChI=1S/C18H19N3O4S/c1-20(2)6-4-7-21(17(22)13-5-3-8-23-13)18-19-12-9-14-15(25-11-24-14)10-16(12)26-18/h3,5,8-10H,4,6-7,11H2,1-2H3/p+1. The van der Waals surface area contributed by atoms with Crippen molar-refractivity contribution >= 4 is 32.6 Å². The zero-order valence-corrected chi connectivity index (χ0v) is 15.5. The number of fused-ring (bicyclic) bond motifs is 2. The van der Waals surface area contributed by atoms with Gasteiger partial charge in [0.2, 0.25) is 6.79 Å². The smallest absolute Gasteiger partial charge is 0.295 e. The number of rotatable bonds is 6. The lowest BCUT2D eigenvalue weighted by Gasteiger charge is -2.19. The lowest BCUT2D eigenvalue weighted by atomic mass is 10.3. The molecular weight excluding hydrogens is 354 g/mol. The molecule has 0 atom stereocenters. The van der Waals surface area contributed by atoms with Crippen molar-refractivity contribution in [3.8, 4) is 11.5 Å². The Morgan fingerprint density at radius 1 is 1.31 bits per heavy atom. The SMILES string of the molecule is C[NH+](C)CCCN(C(=O)c1ccco1)c1nc2cc3c(cc2s1)OCO3. The lowest BCUT2D eigenvalue weighted by molar-refractivity contribution is -0.858. The monoisotopic (exact) mass is 374 g/mol. The molecule has 1 N–H and O–H groups in total. The molecule has 1 aromatic carbocycles. The summed E-state index contributed by atoms with van der Waals surface area (Å²) < 4.78 is 17.1. The Morgan fingerprint density at radius 3 is 2.85 bits per heavy atom. The lowest BCUT2D eigenvalue weighted by Crippen LogP contribution is -3.05. The van der Waals surface area contributed by atoms with Gasteiger partial charge in [0.05, 0.1) is 37.1 Å². The first-order chi connectivity index (χ1) is 12.6. The molecule has 3 aromatic rings. The number of hydrogen-bond acceptors (Lipinski definition) is 6. The number of benzene rings is 1. The van der Waals surface area contributed by atoms with Crippen LogP contribution < -0.4 is 19.3 Å². The Bertz CT molecular complexity index is 879. The quantitative estimate of drug-likeness (QED) is 0.713. The molecule has 0 unspecified atom stereocenters. The van der Waals surface area contributed by atoms with Gasteiger partial charge in [-0.05, 0) is 12.1 Å².